The van der Waals surface area contributed by atoms with Gasteiger partial charge in [0, 0.05) is 42.8 Å². The van der Waals surface area contributed by atoms with Crippen LogP contribution in [0, 0.1) is 0 Å². The van der Waals surface area contributed by atoms with Crippen molar-refractivity contribution >= 4 is 78.4 Å². The van der Waals surface area contributed by atoms with Crippen molar-refractivity contribution in [2.45, 2.75) is 32.4 Å². The van der Waals surface area contributed by atoms with Crippen molar-refractivity contribution in [3.63, 3.8) is 0 Å². The lowest BCUT2D eigenvalue weighted by Gasteiger charge is -2.15. The van der Waals surface area contributed by atoms with Crippen LogP contribution in [0.3, 0.4) is 0 Å². The molecule has 0 aromatic heterocycles. The molecule has 0 spiro atoms. The molecule has 372 valence electrons. The molecule has 0 bridgehead atoms. The van der Waals surface area contributed by atoms with E-state index in [4.69, 9.17) is 4.84 Å². The Kier molecular flexibility index (Phi) is 16.8. The van der Waals surface area contributed by atoms with E-state index in [1.165, 1.54) is 85.9 Å². The van der Waals surface area contributed by atoms with Crippen LogP contribution in [-0.4, -0.2) is 91.1 Å². The molecule has 3 amide bonds. The van der Waals surface area contributed by atoms with Crippen LogP contribution >= 0.6 is 0 Å². The van der Waals surface area contributed by atoms with Crippen LogP contribution < -0.4 is 20.7 Å². The summed E-state index contributed by atoms with van der Waals surface area (Å²) in [6.07, 6.45) is 1.05. The molecule has 6 rings (SSSR count). The minimum absolute atomic E-state index is 0.0213. The van der Waals surface area contributed by atoms with E-state index in [0.717, 1.165) is 16.6 Å². The van der Waals surface area contributed by atoms with E-state index in [-0.39, 0.29) is 64.5 Å². The number of rotatable bonds is 21. The summed E-state index contributed by atoms with van der Waals surface area (Å²) in [4.78, 5) is 81.2. The highest BCUT2D eigenvalue weighted by molar-refractivity contribution is 7.88. The normalized spacial score (nSPS) is 11.6. The van der Waals surface area contributed by atoms with E-state index in [1.807, 2.05) is 0 Å². The van der Waals surface area contributed by atoms with E-state index >= 15 is 0 Å². The number of carbonyl (C=O) groups is 6. The van der Waals surface area contributed by atoms with Crippen LogP contribution in [0.5, 0.6) is 0 Å². The van der Waals surface area contributed by atoms with E-state index in [1.54, 1.807) is 55.5 Å². The number of benzene rings is 6. The van der Waals surface area contributed by atoms with Gasteiger partial charge in [-0.1, -0.05) is 65.8 Å². The van der Waals surface area contributed by atoms with Gasteiger partial charge in [0.2, 0.25) is 20.0 Å². The molecule has 0 atom stereocenters. The predicted octanol–water partition coefficient (Wildman–Crippen LogP) is 6.49. The average molecular weight is 1020 g/mol. The third-order valence-corrected chi connectivity index (χ3v) is 13.2. The van der Waals surface area contributed by atoms with Crippen molar-refractivity contribution in [3.05, 3.63) is 195 Å². The zero-order chi connectivity index (χ0) is 52.3. The summed E-state index contributed by atoms with van der Waals surface area (Å²) in [5.41, 5.74) is 1.76. The number of hydrogen-bond donors (Lipinski definition) is 7. The second-order valence-electron chi connectivity index (χ2n) is 16.1. The Balaban J connectivity index is 1.06. The molecular formula is C50H46N6O14S2. The Bertz CT molecular complexity index is 3380. The van der Waals surface area contributed by atoms with Crippen molar-refractivity contribution in [2.24, 2.45) is 5.16 Å². The second kappa shape index (κ2) is 22.9. The molecule has 0 fully saturated rings. The van der Waals surface area contributed by atoms with E-state index < -0.39 is 67.0 Å². The van der Waals surface area contributed by atoms with Gasteiger partial charge in [-0.05, 0) is 102 Å². The Morgan fingerprint density at radius 1 is 0.542 bits per heavy atom. The van der Waals surface area contributed by atoms with Gasteiger partial charge in [0.05, 0.1) is 51.1 Å². The maximum atomic E-state index is 13.6. The van der Waals surface area contributed by atoms with Crippen LogP contribution in [0.4, 0.5) is 17.1 Å². The SMILES string of the molecule is C/C(=N\OCc1ccc(C(=O)O)c(C(=O)Nc2cccc(CNS(=O)(=O)Cc3ccc(C(=O)Nc4cccc(CN(C)S(C)(=O)=O)c4)c(C(=O)O)c3)c2)c1)c1cccc(NC(=O)c2ccccc2C(=O)O)c1. The molecule has 0 radical (unpaired) electrons. The van der Waals surface area contributed by atoms with Gasteiger partial charge in [-0.3, -0.25) is 14.4 Å². The maximum absolute atomic E-state index is 13.6. The third kappa shape index (κ3) is 14.3. The Hall–Kier alpha value is -8.57. The molecule has 0 aliphatic heterocycles. The lowest BCUT2D eigenvalue weighted by Crippen LogP contribution is -2.25. The maximum Gasteiger partial charge on any atom is 0.336 e. The number of carbonyl (C=O) groups excluding carboxylic acids is 3. The zero-order valence-electron chi connectivity index (χ0n) is 38.6. The first-order valence-electron chi connectivity index (χ1n) is 21.4. The summed E-state index contributed by atoms with van der Waals surface area (Å²) in [5, 5.41) is 41.3. The van der Waals surface area contributed by atoms with Gasteiger partial charge in [-0.25, -0.2) is 40.2 Å². The third-order valence-electron chi connectivity index (χ3n) is 10.7. The number of nitrogens with zero attached hydrogens (tertiary/aromatic N) is 2. The number of carboxylic acids is 3. The molecule has 0 aliphatic rings. The van der Waals surface area contributed by atoms with Gasteiger partial charge in [-0.2, -0.15) is 0 Å². The highest BCUT2D eigenvalue weighted by atomic mass is 32.2. The first-order valence-corrected chi connectivity index (χ1v) is 24.9. The number of anilines is 3. The molecule has 72 heavy (non-hydrogen) atoms. The first-order chi connectivity index (χ1) is 34.1. The number of carboxylic acid groups (broad SMARTS) is 3. The number of nitrogens with one attached hydrogen (secondary N) is 4. The largest absolute Gasteiger partial charge is 0.478 e. The molecule has 22 heteroatoms. The van der Waals surface area contributed by atoms with Crippen molar-refractivity contribution < 1.29 is 65.8 Å². The number of oxime groups is 1. The second-order valence-corrected chi connectivity index (χ2v) is 20.0. The highest BCUT2D eigenvalue weighted by Gasteiger charge is 2.22. The molecule has 7 N–H and O–H groups in total. The molecule has 0 aliphatic carbocycles. The van der Waals surface area contributed by atoms with Crippen LogP contribution in [-0.2, 0) is 50.3 Å². The lowest BCUT2D eigenvalue weighted by atomic mass is 10.0. The van der Waals surface area contributed by atoms with E-state index in [9.17, 15) is 60.9 Å². The van der Waals surface area contributed by atoms with Gasteiger partial charge in [-0.15, -0.1) is 0 Å². The van der Waals surface area contributed by atoms with Gasteiger partial charge in [0.1, 0.15) is 6.61 Å². The molecule has 6 aromatic carbocycles. The first kappa shape index (κ1) is 52.8. The Labute approximate surface area is 413 Å². The Morgan fingerprint density at radius 2 is 1.03 bits per heavy atom. The number of aromatic carboxylic acids is 3. The quantitative estimate of drug-likeness (QED) is 0.0300. The fourth-order valence-corrected chi connectivity index (χ4v) is 8.49. The molecule has 6 aromatic rings. The van der Waals surface area contributed by atoms with E-state index in [2.05, 4.69) is 25.8 Å². The van der Waals surface area contributed by atoms with Gasteiger partial charge in [0.25, 0.3) is 17.7 Å². The monoisotopic (exact) mass is 1020 g/mol. The van der Waals surface area contributed by atoms with Gasteiger partial charge < -0.3 is 36.1 Å². The summed E-state index contributed by atoms with van der Waals surface area (Å²) in [5.74, 6) is -7.00. The molecule has 0 saturated carbocycles. The fraction of sp³-hybridized carbons (Fsp3) is 0.140. The molecular weight excluding hydrogens is 973 g/mol. The smallest absolute Gasteiger partial charge is 0.336 e. The van der Waals surface area contributed by atoms with Crippen molar-refractivity contribution in [3.8, 4) is 0 Å². The highest BCUT2D eigenvalue weighted by Crippen LogP contribution is 2.22. The number of amides is 3. The molecule has 0 heterocycles. The van der Waals surface area contributed by atoms with Gasteiger partial charge in [0.15, 0.2) is 0 Å². The minimum atomic E-state index is -4.13. The summed E-state index contributed by atoms with van der Waals surface area (Å²) < 4.78 is 53.7. The van der Waals surface area contributed by atoms with Crippen molar-refractivity contribution in [2.75, 3.05) is 29.3 Å². The van der Waals surface area contributed by atoms with Gasteiger partial charge >= 0.3 is 17.9 Å². The summed E-state index contributed by atoms with van der Waals surface area (Å²) in [6.45, 7) is 1.22. The lowest BCUT2D eigenvalue weighted by molar-refractivity contribution is 0.0683. The van der Waals surface area contributed by atoms with Crippen LogP contribution in [0.15, 0.2) is 139 Å². The number of hydrogen-bond acceptors (Lipinski definition) is 12. The fourth-order valence-electron chi connectivity index (χ4n) is 7.00. The standard InChI is InChI=1S/C50H46N6O14S2/c1-30(35-11-8-14-38(25-35)54-45(57)39-15-4-5-16-41(39)48(60)61)55-70-28-33-17-20-42(49(62)63)43(23-33)47(59)53-36-12-6-9-31(21-36)26-51-72(68,69)29-34-18-19-40(44(24-34)50(64)65)46(58)52-37-13-7-10-32(22-37)27-56(2)71(3,66)67/h4-25,51H,26-29H2,1-3H3,(H,52,58)(H,53,59)(H,54,57)(H,60,61)(H,62,63)(H,64,65)/b55-30+. The minimum Gasteiger partial charge on any atom is -0.478 e. The topological polar surface area (TPSA) is 304 Å². The number of sulfonamides is 2. The summed E-state index contributed by atoms with van der Waals surface area (Å²) in [6, 6.07) is 32.3. The van der Waals surface area contributed by atoms with E-state index in [0.29, 0.717) is 33.7 Å². The molecule has 0 unspecified atom stereocenters. The Morgan fingerprint density at radius 3 is 1.64 bits per heavy atom. The molecule has 0 saturated heterocycles. The van der Waals surface area contributed by atoms with Crippen molar-refractivity contribution in [1.29, 1.82) is 0 Å². The predicted molar refractivity (Wildman–Crippen MR) is 266 cm³/mol. The zero-order valence-corrected chi connectivity index (χ0v) is 40.2. The van der Waals surface area contributed by atoms with Crippen LogP contribution in [0.25, 0.3) is 0 Å². The van der Waals surface area contributed by atoms with Crippen LogP contribution in [0.2, 0.25) is 0 Å². The van der Waals surface area contributed by atoms with Crippen molar-refractivity contribution in [1.82, 2.24) is 9.03 Å². The van der Waals surface area contributed by atoms with Crippen LogP contribution in [0.1, 0.15) is 96.9 Å². The molecule has 20 nitrogen and oxygen atoms in total. The summed E-state index contributed by atoms with van der Waals surface area (Å²) in [7, 11) is -6.21. The summed E-state index contributed by atoms with van der Waals surface area (Å²) >= 11 is 0. The average Bonchev–Trinajstić information content (AvgIpc) is 3.33.